The zero-order valence-corrected chi connectivity index (χ0v) is 16.2. The monoisotopic (exact) mass is 376 g/mol. The molecule has 0 aliphatic carbocycles. The van der Waals surface area contributed by atoms with E-state index in [9.17, 15) is 9.59 Å². The Labute approximate surface area is 156 Å². The summed E-state index contributed by atoms with van der Waals surface area (Å²) in [4.78, 5) is 23.2. The highest BCUT2D eigenvalue weighted by Gasteiger charge is 2.30. The molecule has 0 radical (unpaired) electrons. The van der Waals surface area contributed by atoms with Crippen molar-refractivity contribution in [2.45, 2.75) is 65.2 Å². The molecule has 0 aliphatic rings. The van der Waals surface area contributed by atoms with Crippen LogP contribution >= 0.6 is 0 Å². The third-order valence-corrected chi connectivity index (χ3v) is 4.25. The Bertz CT molecular complexity index is 370. The van der Waals surface area contributed by atoms with E-state index in [-0.39, 0.29) is 25.6 Å². The minimum atomic E-state index is -1.21. The van der Waals surface area contributed by atoms with Crippen molar-refractivity contribution >= 4 is 11.9 Å². The maximum atomic E-state index is 11.6. The Morgan fingerprint density at radius 2 is 1.35 bits per heavy atom. The molecule has 7 nitrogen and oxygen atoms in total. The van der Waals surface area contributed by atoms with Crippen LogP contribution in [0.2, 0.25) is 0 Å². The molecule has 0 saturated heterocycles. The molecular formula is C19H36O7. The van der Waals surface area contributed by atoms with E-state index in [0.29, 0.717) is 25.2 Å². The summed E-state index contributed by atoms with van der Waals surface area (Å²) in [5.41, 5.74) is -1.21. The quantitative estimate of drug-likeness (QED) is 0.278. The summed E-state index contributed by atoms with van der Waals surface area (Å²) < 4.78 is 10.1. The number of carbonyl (C=O) groups is 2. The Morgan fingerprint density at radius 1 is 0.808 bits per heavy atom. The van der Waals surface area contributed by atoms with Crippen molar-refractivity contribution in [3.8, 4) is 0 Å². The second-order valence-electron chi connectivity index (χ2n) is 7.31. The van der Waals surface area contributed by atoms with Gasteiger partial charge in [-0.05, 0) is 25.2 Å². The zero-order chi connectivity index (χ0) is 19.8. The van der Waals surface area contributed by atoms with Crippen LogP contribution in [0.5, 0.6) is 0 Å². The first-order valence-corrected chi connectivity index (χ1v) is 9.53. The number of hydrogen-bond donors (Lipinski definition) is 3. The molecule has 0 heterocycles. The van der Waals surface area contributed by atoms with Gasteiger partial charge in [0.25, 0.3) is 0 Å². The van der Waals surface area contributed by atoms with Crippen molar-refractivity contribution in [2.75, 3.05) is 33.0 Å². The summed E-state index contributed by atoms with van der Waals surface area (Å²) in [6, 6.07) is 0. The molecular weight excluding hydrogens is 340 g/mol. The topological polar surface area (TPSA) is 113 Å². The third kappa shape index (κ3) is 12.2. The van der Waals surface area contributed by atoms with Crippen molar-refractivity contribution in [3.63, 3.8) is 0 Å². The van der Waals surface area contributed by atoms with E-state index in [4.69, 9.17) is 24.8 Å². The molecule has 0 rings (SSSR count). The normalized spacial score (nSPS) is 11.6. The number of rotatable bonds is 16. The second-order valence-corrected chi connectivity index (χ2v) is 7.31. The molecule has 26 heavy (non-hydrogen) atoms. The minimum Gasteiger partial charge on any atom is -0.466 e. The Hall–Kier alpha value is -1.18. The van der Waals surface area contributed by atoms with E-state index in [1.54, 1.807) is 0 Å². The van der Waals surface area contributed by atoms with Crippen LogP contribution in [0.1, 0.15) is 65.2 Å². The first-order chi connectivity index (χ1) is 12.4. The van der Waals surface area contributed by atoms with Gasteiger partial charge in [0.2, 0.25) is 0 Å². The highest BCUT2D eigenvalue weighted by molar-refractivity contribution is 5.69. The zero-order valence-electron chi connectivity index (χ0n) is 16.2. The fourth-order valence-electron chi connectivity index (χ4n) is 2.22. The maximum absolute atomic E-state index is 11.6. The number of aliphatic hydroxyl groups excluding tert-OH is 3. The van der Waals surface area contributed by atoms with Crippen LogP contribution in [-0.2, 0) is 19.1 Å². The van der Waals surface area contributed by atoms with Crippen molar-refractivity contribution in [2.24, 2.45) is 11.3 Å². The van der Waals surface area contributed by atoms with Gasteiger partial charge in [-0.25, -0.2) is 0 Å². The fraction of sp³-hybridized carbons (Fsp3) is 0.895. The predicted molar refractivity (Wildman–Crippen MR) is 97.4 cm³/mol. The smallest absolute Gasteiger partial charge is 0.305 e. The van der Waals surface area contributed by atoms with Gasteiger partial charge in [-0.15, -0.1) is 0 Å². The largest absolute Gasteiger partial charge is 0.466 e. The van der Waals surface area contributed by atoms with Crippen LogP contribution in [-0.4, -0.2) is 60.3 Å². The molecule has 3 N–H and O–H groups in total. The summed E-state index contributed by atoms with van der Waals surface area (Å²) in [7, 11) is 0. The summed E-state index contributed by atoms with van der Waals surface area (Å²) in [6.45, 7) is 3.01. The summed E-state index contributed by atoms with van der Waals surface area (Å²) in [5, 5.41) is 27.4. The molecule has 0 saturated carbocycles. The summed E-state index contributed by atoms with van der Waals surface area (Å²) >= 11 is 0. The lowest BCUT2D eigenvalue weighted by molar-refractivity contribution is -0.151. The van der Waals surface area contributed by atoms with Gasteiger partial charge in [0.1, 0.15) is 6.61 Å². The van der Waals surface area contributed by atoms with Crippen molar-refractivity contribution in [1.82, 2.24) is 0 Å². The van der Waals surface area contributed by atoms with E-state index in [1.807, 2.05) is 0 Å². The first kappa shape index (κ1) is 24.8. The highest BCUT2D eigenvalue weighted by Crippen LogP contribution is 2.15. The Morgan fingerprint density at radius 3 is 1.88 bits per heavy atom. The van der Waals surface area contributed by atoms with Crippen LogP contribution in [0.15, 0.2) is 0 Å². The standard InChI is InChI=1S/C19H36O7/c1-16(2)8-4-3-5-9-17(23)25-11-7-6-10-18(24)26-15-19(12-20,13-21)14-22/h16,20-22H,3-15H2,1-2H3. The van der Waals surface area contributed by atoms with Gasteiger partial charge in [-0.2, -0.15) is 0 Å². The highest BCUT2D eigenvalue weighted by atomic mass is 16.5. The molecule has 154 valence electrons. The van der Waals surface area contributed by atoms with Gasteiger partial charge in [0, 0.05) is 12.8 Å². The number of aliphatic hydroxyl groups is 3. The first-order valence-electron chi connectivity index (χ1n) is 9.53. The van der Waals surface area contributed by atoms with Gasteiger partial charge in [-0.1, -0.05) is 33.1 Å². The van der Waals surface area contributed by atoms with Gasteiger partial charge in [0.15, 0.2) is 0 Å². The van der Waals surface area contributed by atoms with Crippen LogP contribution in [0.25, 0.3) is 0 Å². The molecule has 0 fully saturated rings. The number of unbranched alkanes of at least 4 members (excludes halogenated alkanes) is 3. The summed E-state index contributed by atoms with van der Waals surface area (Å²) in [6.07, 6.45) is 5.88. The van der Waals surface area contributed by atoms with E-state index in [1.165, 1.54) is 6.42 Å². The molecule has 0 unspecified atom stereocenters. The van der Waals surface area contributed by atoms with Crippen LogP contribution in [0, 0.1) is 11.3 Å². The lowest BCUT2D eigenvalue weighted by Crippen LogP contribution is -2.39. The van der Waals surface area contributed by atoms with Gasteiger partial charge < -0.3 is 24.8 Å². The number of esters is 2. The maximum Gasteiger partial charge on any atom is 0.305 e. The fourth-order valence-corrected chi connectivity index (χ4v) is 2.22. The van der Waals surface area contributed by atoms with E-state index >= 15 is 0 Å². The molecule has 7 heteroatoms. The van der Waals surface area contributed by atoms with Crippen LogP contribution in [0.4, 0.5) is 0 Å². The van der Waals surface area contributed by atoms with Gasteiger partial charge in [-0.3, -0.25) is 9.59 Å². The number of hydrogen-bond acceptors (Lipinski definition) is 7. The summed E-state index contributed by atoms with van der Waals surface area (Å²) in [5.74, 6) is 0.0259. The van der Waals surface area contributed by atoms with Gasteiger partial charge in [0.05, 0.1) is 31.8 Å². The van der Waals surface area contributed by atoms with E-state index < -0.39 is 31.2 Å². The van der Waals surface area contributed by atoms with Crippen molar-refractivity contribution < 1.29 is 34.4 Å². The van der Waals surface area contributed by atoms with Crippen LogP contribution < -0.4 is 0 Å². The number of ether oxygens (including phenoxy) is 2. The minimum absolute atomic E-state index is 0.158. The molecule has 0 aromatic carbocycles. The van der Waals surface area contributed by atoms with E-state index in [0.717, 1.165) is 19.3 Å². The Balaban J connectivity index is 3.64. The molecule has 0 aromatic rings. The molecule has 0 aromatic heterocycles. The predicted octanol–water partition coefficient (Wildman–Crippen LogP) is 1.81. The average Bonchev–Trinajstić information content (AvgIpc) is 2.62. The molecule has 0 aliphatic heterocycles. The molecule has 0 amide bonds. The van der Waals surface area contributed by atoms with Crippen LogP contribution in [0.3, 0.4) is 0 Å². The van der Waals surface area contributed by atoms with Crippen molar-refractivity contribution in [3.05, 3.63) is 0 Å². The Kier molecular flexibility index (Phi) is 14.3. The lowest BCUT2D eigenvalue weighted by atomic mass is 9.93. The second kappa shape index (κ2) is 14.9. The van der Waals surface area contributed by atoms with Crippen molar-refractivity contribution in [1.29, 1.82) is 0 Å². The number of carbonyl (C=O) groups excluding carboxylic acids is 2. The molecule has 0 atom stereocenters. The lowest BCUT2D eigenvalue weighted by Gasteiger charge is -2.26. The molecule has 0 bridgehead atoms. The average molecular weight is 376 g/mol. The van der Waals surface area contributed by atoms with Gasteiger partial charge >= 0.3 is 11.9 Å². The SMILES string of the molecule is CC(C)CCCCCC(=O)OCCCCC(=O)OCC(CO)(CO)CO. The molecule has 0 spiro atoms. The van der Waals surface area contributed by atoms with E-state index in [2.05, 4.69) is 13.8 Å². The third-order valence-electron chi connectivity index (χ3n) is 4.25.